The fourth-order valence-electron chi connectivity index (χ4n) is 1.55. The van der Waals surface area contributed by atoms with Crippen molar-refractivity contribution in [2.45, 2.75) is 24.8 Å². The molecule has 0 aromatic heterocycles. The summed E-state index contributed by atoms with van der Waals surface area (Å²) in [6.45, 7) is 3.36. The van der Waals surface area contributed by atoms with Gasteiger partial charge in [-0.2, -0.15) is 0 Å². The van der Waals surface area contributed by atoms with Crippen LogP contribution in [0.4, 0.5) is 5.69 Å². The van der Waals surface area contributed by atoms with Gasteiger partial charge in [-0.25, -0.2) is 13.1 Å². The molecule has 0 aliphatic rings. The lowest BCUT2D eigenvalue weighted by Crippen LogP contribution is -2.36. The first-order valence-electron chi connectivity index (χ1n) is 5.51. The summed E-state index contributed by atoms with van der Waals surface area (Å²) >= 11 is 5.93. The molecule has 3 N–H and O–H groups in total. The van der Waals surface area contributed by atoms with Crippen LogP contribution in [0, 0.1) is 6.92 Å². The van der Waals surface area contributed by atoms with Gasteiger partial charge in [-0.15, -0.1) is 0 Å². The summed E-state index contributed by atoms with van der Waals surface area (Å²) in [5.74, 6) is 0.244. The van der Waals surface area contributed by atoms with Crippen molar-refractivity contribution in [2.75, 3.05) is 17.7 Å². The smallest absolute Gasteiger partial charge is 0.240 e. The Morgan fingerprint density at radius 2 is 2.05 bits per heavy atom. The first kappa shape index (κ1) is 16.4. The van der Waals surface area contributed by atoms with Crippen molar-refractivity contribution < 1.29 is 12.6 Å². The highest BCUT2D eigenvalue weighted by atomic mass is 35.5. The van der Waals surface area contributed by atoms with E-state index in [9.17, 15) is 12.6 Å². The van der Waals surface area contributed by atoms with Gasteiger partial charge in [0.05, 0.1) is 4.90 Å². The van der Waals surface area contributed by atoms with Crippen molar-refractivity contribution in [1.29, 1.82) is 0 Å². The predicted molar refractivity (Wildman–Crippen MR) is 79.3 cm³/mol. The van der Waals surface area contributed by atoms with Gasteiger partial charge in [0, 0.05) is 39.6 Å². The minimum absolute atomic E-state index is 0.00864. The molecular formula is C11H17ClN2O3S2. The minimum Gasteiger partial charge on any atom is -0.398 e. The SMILES string of the molecule is Cc1c(N)cc(S(=O)(=O)NC(C)CS(C)=O)cc1Cl. The molecule has 5 nitrogen and oxygen atoms in total. The number of rotatable bonds is 5. The Morgan fingerprint density at radius 3 is 2.53 bits per heavy atom. The van der Waals surface area contributed by atoms with Gasteiger partial charge in [0.1, 0.15) is 0 Å². The van der Waals surface area contributed by atoms with E-state index >= 15 is 0 Å². The Bertz CT molecular complexity index is 579. The van der Waals surface area contributed by atoms with Crippen molar-refractivity contribution in [3.63, 3.8) is 0 Å². The fraction of sp³-hybridized carbons (Fsp3) is 0.455. The Hall–Kier alpha value is -0.630. The molecule has 0 aliphatic carbocycles. The number of nitrogens with one attached hydrogen (secondary N) is 1. The third-order valence-corrected chi connectivity index (χ3v) is 5.44. The van der Waals surface area contributed by atoms with E-state index in [4.69, 9.17) is 17.3 Å². The van der Waals surface area contributed by atoms with Gasteiger partial charge in [0.25, 0.3) is 0 Å². The van der Waals surface area contributed by atoms with E-state index in [1.165, 1.54) is 18.4 Å². The van der Waals surface area contributed by atoms with E-state index < -0.39 is 26.9 Å². The molecule has 0 aliphatic heterocycles. The van der Waals surface area contributed by atoms with E-state index in [0.717, 1.165) is 0 Å². The molecule has 0 heterocycles. The molecule has 0 amide bonds. The molecule has 1 rings (SSSR count). The van der Waals surface area contributed by atoms with E-state index in [1.54, 1.807) is 13.8 Å². The van der Waals surface area contributed by atoms with Crippen LogP contribution in [0.3, 0.4) is 0 Å². The molecule has 1 aromatic rings. The minimum atomic E-state index is -3.72. The van der Waals surface area contributed by atoms with Gasteiger partial charge in [0.2, 0.25) is 10.0 Å². The molecule has 0 saturated carbocycles. The number of nitrogen functional groups attached to an aromatic ring is 1. The molecule has 2 unspecified atom stereocenters. The number of halogens is 1. The van der Waals surface area contributed by atoms with Crippen molar-refractivity contribution in [2.24, 2.45) is 0 Å². The predicted octanol–water partition coefficient (Wildman–Crippen LogP) is 1.28. The zero-order valence-electron chi connectivity index (χ0n) is 10.9. The zero-order chi connectivity index (χ0) is 14.8. The van der Waals surface area contributed by atoms with Gasteiger partial charge >= 0.3 is 0 Å². The van der Waals surface area contributed by atoms with Crippen molar-refractivity contribution >= 4 is 38.1 Å². The Morgan fingerprint density at radius 1 is 1.47 bits per heavy atom. The van der Waals surface area contributed by atoms with Gasteiger partial charge < -0.3 is 5.73 Å². The summed E-state index contributed by atoms with van der Waals surface area (Å²) in [5.41, 5.74) is 6.67. The van der Waals surface area contributed by atoms with Crippen LogP contribution in [0.5, 0.6) is 0 Å². The maximum Gasteiger partial charge on any atom is 0.240 e. The molecule has 2 atom stereocenters. The molecule has 0 saturated heterocycles. The first-order valence-corrected chi connectivity index (χ1v) is 9.10. The summed E-state index contributed by atoms with van der Waals surface area (Å²) in [7, 11) is -4.79. The maximum atomic E-state index is 12.1. The van der Waals surface area contributed by atoms with Crippen LogP contribution in [0.25, 0.3) is 0 Å². The highest BCUT2D eigenvalue weighted by Gasteiger charge is 2.19. The molecular weight excluding hydrogens is 308 g/mol. The zero-order valence-corrected chi connectivity index (χ0v) is 13.3. The number of benzene rings is 1. The molecule has 0 bridgehead atoms. The fourth-order valence-corrected chi connectivity index (χ4v) is 4.04. The molecule has 1 aromatic carbocycles. The largest absolute Gasteiger partial charge is 0.398 e. The van der Waals surface area contributed by atoms with Crippen molar-refractivity contribution in [1.82, 2.24) is 4.72 Å². The molecule has 19 heavy (non-hydrogen) atoms. The highest BCUT2D eigenvalue weighted by Crippen LogP contribution is 2.25. The summed E-state index contributed by atoms with van der Waals surface area (Å²) in [4.78, 5) is 0.00864. The van der Waals surface area contributed by atoms with Gasteiger partial charge in [-0.3, -0.25) is 4.21 Å². The van der Waals surface area contributed by atoms with Crippen molar-refractivity contribution in [3.05, 3.63) is 22.7 Å². The maximum absolute atomic E-state index is 12.1. The van der Waals surface area contributed by atoms with E-state index in [1.807, 2.05) is 0 Å². The van der Waals surface area contributed by atoms with Crippen LogP contribution in [-0.4, -0.2) is 30.7 Å². The first-order chi connectivity index (χ1) is 8.63. The standard InChI is InChI=1S/C11H17ClN2O3S2/c1-7(6-18(3)15)14-19(16,17)9-4-10(12)8(2)11(13)5-9/h4-5,7,14H,6,13H2,1-3H3. The topological polar surface area (TPSA) is 89.3 Å². The second-order valence-electron chi connectivity index (χ2n) is 4.38. The lowest BCUT2D eigenvalue weighted by atomic mass is 10.2. The lowest BCUT2D eigenvalue weighted by Gasteiger charge is -2.14. The second kappa shape index (κ2) is 6.21. The van der Waals surface area contributed by atoms with Crippen LogP contribution < -0.4 is 10.5 Å². The Labute approximate surface area is 121 Å². The van der Waals surface area contributed by atoms with E-state index in [0.29, 0.717) is 16.3 Å². The Kier molecular flexibility index (Phi) is 5.37. The van der Waals surface area contributed by atoms with Crippen LogP contribution in [0.2, 0.25) is 5.02 Å². The summed E-state index contributed by atoms with van der Waals surface area (Å²) in [6.07, 6.45) is 1.52. The molecule has 0 radical (unpaired) electrons. The monoisotopic (exact) mass is 324 g/mol. The third-order valence-electron chi connectivity index (χ3n) is 2.51. The second-order valence-corrected chi connectivity index (χ2v) is 7.98. The average Bonchev–Trinajstić information content (AvgIpc) is 2.22. The quantitative estimate of drug-likeness (QED) is 0.798. The van der Waals surface area contributed by atoms with Crippen LogP contribution in [0.15, 0.2) is 17.0 Å². The van der Waals surface area contributed by atoms with Crippen LogP contribution >= 0.6 is 11.6 Å². The number of hydrogen-bond donors (Lipinski definition) is 2. The molecule has 8 heteroatoms. The Balaban J connectivity index is 3.04. The summed E-state index contributed by atoms with van der Waals surface area (Å²) in [6, 6.07) is 2.28. The summed E-state index contributed by atoms with van der Waals surface area (Å²) < 4.78 is 37.7. The number of hydrogen-bond acceptors (Lipinski definition) is 4. The third kappa shape index (κ3) is 4.45. The van der Waals surface area contributed by atoms with Crippen LogP contribution in [-0.2, 0) is 20.8 Å². The average molecular weight is 325 g/mol. The van der Waals surface area contributed by atoms with E-state index in [2.05, 4.69) is 4.72 Å². The van der Waals surface area contributed by atoms with Gasteiger partial charge in [-0.05, 0) is 31.5 Å². The molecule has 0 fully saturated rings. The van der Waals surface area contributed by atoms with Gasteiger partial charge in [0.15, 0.2) is 0 Å². The normalized spacial score (nSPS) is 15.2. The van der Waals surface area contributed by atoms with Crippen LogP contribution in [0.1, 0.15) is 12.5 Å². The highest BCUT2D eigenvalue weighted by molar-refractivity contribution is 7.89. The number of nitrogens with two attached hydrogens (primary N) is 1. The van der Waals surface area contributed by atoms with Crippen molar-refractivity contribution in [3.8, 4) is 0 Å². The number of sulfonamides is 1. The van der Waals surface area contributed by atoms with Gasteiger partial charge in [-0.1, -0.05) is 11.6 Å². The molecule has 0 spiro atoms. The summed E-state index contributed by atoms with van der Waals surface area (Å²) in [5, 5.41) is 0.298. The lowest BCUT2D eigenvalue weighted by molar-refractivity contribution is 0.570. The number of anilines is 1. The van der Waals surface area contributed by atoms with E-state index in [-0.39, 0.29) is 10.6 Å². The molecule has 108 valence electrons.